The smallest absolute Gasteiger partial charge is 0.264 e. The predicted molar refractivity (Wildman–Crippen MR) is 124 cm³/mol. The van der Waals surface area contributed by atoms with Gasteiger partial charge in [0.05, 0.1) is 23.7 Å². The first-order valence-corrected chi connectivity index (χ1v) is 11.7. The van der Waals surface area contributed by atoms with E-state index in [-0.39, 0.29) is 23.9 Å². The van der Waals surface area contributed by atoms with E-state index in [1.165, 1.54) is 16.4 Å². The highest BCUT2D eigenvalue weighted by Gasteiger charge is 2.30. The van der Waals surface area contributed by atoms with Gasteiger partial charge in [-0.1, -0.05) is 66.7 Å². The molecule has 3 aromatic rings. The first-order valence-electron chi connectivity index (χ1n) is 10.2. The maximum Gasteiger partial charge on any atom is 0.264 e. The summed E-state index contributed by atoms with van der Waals surface area (Å²) in [4.78, 5) is 0.206. The molecule has 1 aliphatic heterocycles. The molecule has 0 amide bonds. The average molecular weight is 450 g/mol. The molecular weight excluding hydrogens is 425 g/mol. The van der Waals surface area contributed by atoms with Crippen molar-refractivity contribution >= 4 is 15.7 Å². The van der Waals surface area contributed by atoms with Gasteiger partial charge in [0.1, 0.15) is 11.9 Å². The number of sulfonamides is 1. The third-order valence-electron chi connectivity index (χ3n) is 5.29. The highest BCUT2D eigenvalue weighted by Crippen LogP contribution is 2.34. The lowest BCUT2D eigenvalue weighted by Gasteiger charge is -2.32. The van der Waals surface area contributed by atoms with Gasteiger partial charge in [-0.15, -0.1) is 0 Å². The van der Waals surface area contributed by atoms with E-state index >= 15 is 0 Å². The fraction of sp³-hybridized carbons (Fsp3) is 0.154. The lowest BCUT2D eigenvalue weighted by molar-refractivity contribution is 0.100. The van der Waals surface area contributed by atoms with Crippen molar-refractivity contribution in [2.75, 3.05) is 13.2 Å². The quantitative estimate of drug-likeness (QED) is 0.495. The van der Waals surface area contributed by atoms with Crippen LogP contribution in [0.3, 0.4) is 0 Å². The molecule has 1 heterocycles. The predicted octanol–water partition coefficient (Wildman–Crippen LogP) is 5.49. The van der Waals surface area contributed by atoms with Gasteiger partial charge >= 0.3 is 0 Å². The summed E-state index contributed by atoms with van der Waals surface area (Å²) in [6, 6.07) is 22.1. The number of hydrogen-bond acceptors (Lipinski definition) is 3. The van der Waals surface area contributed by atoms with Crippen LogP contribution in [0.15, 0.2) is 102 Å². The number of ether oxygens (including phenoxy) is 1. The lowest BCUT2D eigenvalue weighted by Crippen LogP contribution is -2.34. The van der Waals surface area contributed by atoms with Crippen molar-refractivity contribution in [1.82, 2.24) is 4.31 Å². The molecule has 0 saturated carbocycles. The van der Waals surface area contributed by atoms with Gasteiger partial charge in [0.2, 0.25) is 0 Å². The molecule has 0 aromatic heterocycles. The molecule has 1 aliphatic rings. The highest BCUT2D eigenvalue weighted by atomic mass is 32.2. The first-order chi connectivity index (χ1) is 15.3. The normalized spacial score (nSPS) is 19.1. The summed E-state index contributed by atoms with van der Waals surface area (Å²) < 4.78 is 48.4. The van der Waals surface area contributed by atoms with E-state index < -0.39 is 16.1 Å². The van der Waals surface area contributed by atoms with Crippen LogP contribution < -0.4 is 0 Å². The first kappa shape index (κ1) is 22.0. The molecule has 0 spiro atoms. The molecule has 4 rings (SSSR count). The Kier molecular flexibility index (Phi) is 6.26. The molecule has 6 heteroatoms. The molecule has 1 unspecified atom stereocenters. The summed E-state index contributed by atoms with van der Waals surface area (Å²) in [5.74, 6) is -0.347. The van der Waals surface area contributed by atoms with Crippen molar-refractivity contribution in [3.05, 3.63) is 120 Å². The van der Waals surface area contributed by atoms with Gasteiger partial charge in [-0.25, -0.2) is 12.8 Å². The van der Waals surface area contributed by atoms with Crippen molar-refractivity contribution < 1.29 is 17.5 Å². The van der Waals surface area contributed by atoms with Gasteiger partial charge in [-0.3, -0.25) is 4.31 Å². The van der Waals surface area contributed by atoms with E-state index in [2.05, 4.69) is 6.58 Å². The second-order valence-corrected chi connectivity index (χ2v) is 9.64. The summed E-state index contributed by atoms with van der Waals surface area (Å²) in [6.07, 6.45) is 1.21. The van der Waals surface area contributed by atoms with Crippen molar-refractivity contribution in [1.29, 1.82) is 0 Å². The van der Waals surface area contributed by atoms with E-state index in [1.54, 1.807) is 42.5 Å². The third kappa shape index (κ3) is 4.66. The van der Waals surface area contributed by atoms with Crippen molar-refractivity contribution in [2.45, 2.75) is 17.9 Å². The van der Waals surface area contributed by atoms with Crippen LogP contribution in [0.1, 0.15) is 22.8 Å². The largest absolute Gasteiger partial charge is 0.365 e. The molecule has 0 radical (unpaired) electrons. The van der Waals surface area contributed by atoms with E-state index in [0.29, 0.717) is 11.3 Å². The Hall–Kier alpha value is -3.22. The molecule has 4 nitrogen and oxygen atoms in total. The van der Waals surface area contributed by atoms with Crippen LogP contribution in [-0.4, -0.2) is 25.9 Å². The minimum absolute atomic E-state index is 0.0904. The molecule has 1 atom stereocenters. The van der Waals surface area contributed by atoms with Crippen LogP contribution in [0.5, 0.6) is 0 Å². The number of rotatable bonds is 4. The van der Waals surface area contributed by atoms with Crippen molar-refractivity contribution in [3.8, 4) is 0 Å². The van der Waals surface area contributed by atoms with Gasteiger partial charge < -0.3 is 4.74 Å². The fourth-order valence-corrected chi connectivity index (χ4v) is 5.07. The Morgan fingerprint density at radius 3 is 2.28 bits per heavy atom. The Balaban J connectivity index is 1.88. The Morgan fingerprint density at radius 1 is 0.969 bits per heavy atom. The number of halogens is 1. The molecule has 0 fully saturated rings. The summed E-state index contributed by atoms with van der Waals surface area (Å²) in [7, 11) is -3.87. The number of hydrogen-bond donors (Lipinski definition) is 0. The average Bonchev–Trinajstić information content (AvgIpc) is 2.78. The molecule has 32 heavy (non-hydrogen) atoms. The van der Waals surface area contributed by atoms with Crippen molar-refractivity contribution in [3.63, 3.8) is 0 Å². The summed E-state index contributed by atoms with van der Waals surface area (Å²) in [5.41, 5.74) is 3.54. The van der Waals surface area contributed by atoms with Gasteiger partial charge in [0.15, 0.2) is 0 Å². The van der Waals surface area contributed by atoms with Crippen LogP contribution in [0, 0.1) is 12.7 Å². The zero-order valence-corrected chi connectivity index (χ0v) is 18.6. The maximum absolute atomic E-state index is 13.7. The van der Waals surface area contributed by atoms with Crippen LogP contribution >= 0.6 is 0 Å². The molecular formula is C26H24FNO3S. The zero-order valence-electron chi connectivity index (χ0n) is 17.7. The standard InChI is InChI=1S/C26H24FNO3S/c1-19-8-14-24(15-9-19)32(29,30)28-17-20(2)18-31-26(22-10-12-23(27)13-11-22)16-25(28)21-6-4-3-5-7-21/h3-16,26H,2,17-18H2,1H3/b25-16-. The minimum atomic E-state index is -3.87. The maximum atomic E-state index is 13.7. The third-order valence-corrected chi connectivity index (χ3v) is 7.06. The van der Waals surface area contributed by atoms with Crippen LogP contribution in [-0.2, 0) is 14.8 Å². The highest BCUT2D eigenvalue weighted by molar-refractivity contribution is 7.89. The Labute approximate surface area is 188 Å². The van der Waals surface area contributed by atoms with Gasteiger partial charge in [0, 0.05) is 0 Å². The monoisotopic (exact) mass is 449 g/mol. The SMILES string of the molecule is C=C1COC(c2ccc(F)cc2)/C=C(/c2ccccc2)N(S(=O)(=O)c2ccc(C)cc2)C1. The minimum Gasteiger partial charge on any atom is -0.365 e. The second kappa shape index (κ2) is 9.10. The Morgan fingerprint density at radius 2 is 1.62 bits per heavy atom. The molecule has 0 bridgehead atoms. The fourth-order valence-electron chi connectivity index (χ4n) is 3.56. The number of benzene rings is 3. The van der Waals surface area contributed by atoms with E-state index in [1.807, 2.05) is 37.3 Å². The molecule has 0 N–H and O–H groups in total. The van der Waals surface area contributed by atoms with E-state index in [4.69, 9.17) is 4.74 Å². The zero-order chi connectivity index (χ0) is 22.7. The summed E-state index contributed by atoms with van der Waals surface area (Å²) >= 11 is 0. The topological polar surface area (TPSA) is 46.6 Å². The van der Waals surface area contributed by atoms with E-state index in [9.17, 15) is 12.8 Å². The van der Waals surface area contributed by atoms with Gasteiger partial charge in [-0.2, -0.15) is 0 Å². The van der Waals surface area contributed by atoms with Crippen molar-refractivity contribution in [2.24, 2.45) is 0 Å². The summed E-state index contributed by atoms with van der Waals surface area (Å²) in [6.45, 7) is 6.22. The summed E-state index contributed by atoms with van der Waals surface area (Å²) in [5, 5.41) is 0. The molecule has 3 aromatic carbocycles. The number of aryl methyl sites for hydroxylation is 1. The molecule has 0 saturated heterocycles. The number of nitrogens with zero attached hydrogens (tertiary/aromatic N) is 1. The van der Waals surface area contributed by atoms with Crippen LogP contribution in [0.25, 0.3) is 5.70 Å². The van der Waals surface area contributed by atoms with Gasteiger partial charge in [0.25, 0.3) is 10.0 Å². The second-order valence-electron chi connectivity index (χ2n) is 7.78. The van der Waals surface area contributed by atoms with E-state index in [0.717, 1.165) is 16.7 Å². The van der Waals surface area contributed by atoms with Crippen LogP contribution in [0.2, 0.25) is 0 Å². The van der Waals surface area contributed by atoms with Crippen LogP contribution in [0.4, 0.5) is 4.39 Å². The Bertz CT molecular complexity index is 1230. The molecule has 0 aliphatic carbocycles. The van der Waals surface area contributed by atoms with Gasteiger partial charge in [-0.05, 0) is 54.0 Å². The lowest BCUT2D eigenvalue weighted by atomic mass is 10.0. The molecule has 164 valence electrons.